The lowest BCUT2D eigenvalue weighted by Crippen LogP contribution is -2.11. The number of ether oxygens (including phenoxy) is 1. The Bertz CT molecular complexity index is 994. The van der Waals surface area contributed by atoms with Crippen LogP contribution in [0.15, 0.2) is 65.0 Å². The fourth-order valence-electron chi connectivity index (χ4n) is 2.35. The molecule has 1 N–H and O–H groups in total. The van der Waals surface area contributed by atoms with E-state index in [2.05, 4.69) is 15.2 Å². The van der Waals surface area contributed by atoms with Crippen molar-refractivity contribution in [2.75, 3.05) is 0 Å². The molecule has 0 amide bonds. The second-order valence-corrected chi connectivity index (χ2v) is 5.85. The van der Waals surface area contributed by atoms with E-state index in [9.17, 15) is 14.3 Å². The first-order valence-corrected chi connectivity index (χ1v) is 8.09. The van der Waals surface area contributed by atoms with Gasteiger partial charge in [0, 0.05) is 0 Å². The summed E-state index contributed by atoms with van der Waals surface area (Å²) in [6, 6.07) is 12.0. The van der Waals surface area contributed by atoms with Crippen molar-refractivity contribution in [3.63, 3.8) is 0 Å². The molecule has 1 heterocycles. The van der Waals surface area contributed by atoms with Crippen LogP contribution in [0.1, 0.15) is 21.6 Å². The molecule has 3 aromatic rings. The van der Waals surface area contributed by atoms with E-state index in [-0.39, 0.29) is 17.2 Å². The predicted octanol–water partition coefficient (Wildman–Crippen LogP) is 5.18. The van der Waals surface area contributed by atoms with Gasteiger partial charge in [-0.05, 0) is 61.4 Å². The van der Waals surface area contributed by atoms with Crippen LogP contribution >= 0.6 is 0 Å². The molecule has 2 aromatic carbocycles. The van der Waals surface area contributed by atoms with Gasteiger partial charge < -0.3 is 9.84 Å². The van der Waals surface area contributed by atoms with Crippen LogP contribution in [-0.4, -0.2) is 16.1 Å². The highest BCUT2D eigenvalue weighted by Crippen LogP contribution is 2.28. The van der Waals surface area contributed by atoms with E-state index in [4.69, 9.17) is 4.74 Å². The molecule has 0 atom stereocenters. The topological polar surface area (TPSA) is 84.1 Å². The van der Waals surface area contributed by atoms with E-state index < -0.39 is 11.8 Å². The molecule has 0 aliphatic rings. The lowest BCUT2D eigenvalue weighted by Gasteiger charge is -2.05. The van der Waals surface area contributed by atoms with Gasteiger partial charge in [0.2, 0.25) is 0 Å². The molecular weight excluding hydrogens is 349 g/mol. The number of rotatable bonds is 4. The summed E-state index contributed by atoms with van der Waals surface area (Å²) in [5.41, 5.74) is 2.45. The molecule has 27 heavy (non-hydrogen) atoms. The average molecular weight is 365 g/mol. The van der Waals surface area contributed by atoms with Crippen molar-refractivity contribution < 1.29 is 19.0 Å². The van der Waals surface area contributed by atoms with E-state index in [0.29, 0.717) is 22.5 Å². The van der Waals surface area contributed by atoms with Crippen molar-refractivity contribution in [3.8, 4) is 11.5 Å². The first-order chi connectivity index (χ1) is 12.9. The van der Waals surface area contributed by atoms with Gasteiger partial charge in [0.05, 0.1) is 11.9 Å². The van der Waals surface area contributed by atoms with Gasteiger partial charge in [0.25, 0.3) is 0 Å². The lowest BCUT2D eigenvalue weighted by molar-refractivity contribution is 0.0721. The van der Waals surface area contributed by atoms with Gasteiger partial charge in [-0.25, -0.2) is 14.2 Å². The number of aromatic hydroxyl groups is 1. The van der Waals surface area contributed by atoms with E-state index in [1.807, 2.05) is 0 Å². The fourth-order valence-corrected chi connectivity index (χ4v) is 2.35. The summed E-state index contributed by atoms with van der Waals surface area (Å²) in [7, 11) is 0. The zero-order valence-corrected chi connectivity index (χ0v) is 14.7. The van der Waals surface area contributed by atoms with Gasteiger partial charge >= 0.3 is 5.97 Å². The molecule has 0 unspecified atom stereocenters. The predicted molar refractivity (Wildman–Crippen MR) is 97.4 cm³/mol. The number of benzene rings is 2. The third kappa shape index (κ3) is 4.33. The molecule has 0 spiro atoms. The maximum Gasteiger partial charge on any atom is 0.362 e. The van der Waals surface area contributed by atoms with Crippen molar-refractivity contribution in [2.24, 2.45) is 10.2 Å². The minimum absolute atomic E-state index is 0.0218. The second-order valence-electron chi connectivity index (χ2n) is 5.85. The smallest absolute Gasteiger partial charge is 0.362 e. The van der Waals surface area contributed by atoms with Gasteiger partial charge in [0.1, 0.15) is 17.1 Å². The summed E-state index contributed by atoms with van der Waals surface area (Å²) in [6.07, 6.45) is 1.36. The Labute approximate surface area is 155 Å². The Hall–Kier alpha value is -3.61. The number of pyridine rings is 1. The van der Waals surface area contributed by atoms with Crippen LogP contribution < -0.4 is 4.74 Å². The van der Waals surface area contributed by atoms with Crippen LogP contribution in [0, 0.1) is 19.7 Å². The van der Waals surface area contributed by atoms with Crippen LogP contribution in [0.5, 0.6) is 11.5 Å². The number of para-hydroxylation sites is 1. The standard InChI is InChI=1S/C20H16FN3O3/c1-12-9-15(10-13(2)19(12)25)24-23-14-7-8-17(22-11-14)20(26)27-18-6-4-3-5-16(18)21/h3-11,25H,1-2H3/b24-23+. The number of azo groups is 1. The molecular formula is C20H16FN3O3. The Kier molecular flexibility index (Phi) is 5.21. The third-order valence-corrected chi connectivity index (χ3v) is 3.75. The highest BCUT2D eigenvalue weighted by Gasteiger charge is 2.12. The molecule has 0 aliphatic carbocycles. The van der Waals surface area contributed by atoms with Gasteiger partial charge in [-0.3, -0.25) is 0 Å². The first kappa shape index (κ1) is 18.2. The van der Waals surface area contributed by atoms with Crippen molar-refractivity contribution >= 4 is 17.3 Å². The Morgan fingerprint density at radius 3 is 2.33 bits per heavy atom. The monoisotopic (exact) mass is 365 g/mol. The number of aromatic nitrogens is 1. The number of hydrogen-bond acceptors (Lipinski definition) is 6. The number of aryl methyl sites for hydroxylation is 2. The molecule has 136 valence electrons. The van der Waals surface area contributed by atoms with Crippen LogP contribution in [0.3, 0.4) is 0 Å². The maximum absolute atomic E-state index is 13.5. The molecule has 0 saturated heterocycles. The number of nitrogens with zero attached hydrogens (tertiary/aromatic N) is 3. The van der Waals surface area contributed by atoms with Crippen molar-refractivity contribution in [3.05, 3.63) is 77.4 Å². The largest absolute Gasteiger partial charge is 0.507 e. The second kappa shape index (κ2) is 7.74. The van der Waals surface area contributed by atoms with Crippen LogP contribution in [0.4, 0.5) is 15.8 Å². The van der Waals surface area contributed by atoms with Crippen LogP contribution in [0.2, 0.25) is 0 Å². The zero-order chi connectivity index (χ0) is 19.4. The summed E-state index contributed by atoms with van der Waals surface area (Å²) in [4.78, 5) is 16.0. The summed E-state index contributed by atoms with van der Waals surface area (Å²) >= 11 is 0. The van der Waals surface area contributed by atoms with Gasteiger partial charge in [-0.1, -0.05) is 12.1 Å². The van der Waals surface area contributed by atoms with Crippen molar-refractivity contribution in [2.45, 2.75) is 13.8 Å². The lowest BCUT2D eigenvalue weighted by atomic mass is 10.1. The number of phenols is 1. The summed E-state index contributed by atoms with van der Waals surface area (Å²) < 4.78 is 18.5. The van der Waals surface area contributed by atoms with Crippen molar-refractivity contribution in [1.29, 1.82) is 0 Å². The molecule has 0 aliphatic heterocycles. The van der Waals surface area contributed by atoms with E-state index in [0.717, 1.165) is 0 Å². The molecule has 7 heteroatoms. The Balaban J connectivity index is 1.72. The molecule has 0 radical (unpaired) electrons. The number of carbonyl (C=O) groups excluding carboxylic acids is 1. The highest BCUT2D eigenvalue weighted by molar-refractivity contribution is 5.89. The number of esters is 1. The number of halogens is 1. The van der Waals surface area contributed by atoms with E-state index >= 15 is 0 Å². The molecule has 1 aromatic heterocycles. The maximum atomic E-state index is 13.5. The summed E-state index contributed by atoms with van der Waals surface area (Å²) in [5, 5.41) is 17.9. The SMILES string of the molecule is Cc1cc(/N=N/c2ccc(C(=O)Oc3ccccc3F)nc2)cc(C)c1O. The third-order valence-electron chi connectivity index (χ3n) is 3.75. The minimum Gasteiger partial charge on any atom is -0.507 e. The molecule has 0 saturated carbocycles. The fraction of sp³-hybridized carbons (Fsp3) is 0.100. The van der Waals surface area contributed by atoms with Crippen LogP contribution in [0.25, 0.3) is 0 Å². The number of phenolic OH excluding ortho intramolecular Hbond substituents is 1. The molecule has 6 nitrogen and oxygen atoms in total. The highest BCUT2D eigenvalue weighted by atomic mass is 19.1. The Morgan fingerprint density at radius 1 is 1.04 bits per heavy atom. The van der Waals surface area contributed by atoms with Gasteiger partial charge in [-0.15, -0.1) is 5.11 Å². The van der Waals surface area contributed by atoms with Gasteiger partial charge in [-0.2, -0.15) is 5.11 Å². The van der Waals surface area contributed by atoms with E-state index in [1.54, 1.807) is 38.1 Å². The molecule has 3 rings (SSSR count). The zero-order valence-electron chi connectivity index (χ0n) is 14.7. The number of hydrogen-bond donors (Lipinski definition) is 1. The normalized spacial score (nSPS) is 10.9. The number of carbonyl (C=O) groups is 1. The van der Waals surface area contributed by atoms with Crippen molar-refractivity contribution in [1.82, 2.24) is 4.98 Å². The summed E-state index contributed by atoms with van der Waals surface area (Å²) in [6.45, 7) is 3.55. The van der Waals surface area contributed by atoms with Gasteiger partial charge in [0.15, 0.2) is 11.6 Å². The van der Waals surface area contributed by atoms with E-state index in [1.165, 1.54) is 30.5 Å². The average Bonchev–Trinajstić information content (AvgIpc) is 2.66. The minimum atomic E-state index is -0.770. The van der Waals surface area contributed by atoms with Crippen LogP contribution in [-0.2, 0) is 0 Å². The first-order valence-electron chi connectivity index (χ1n) is 8.09. The molecule has 0 bridgehead atoms. The Morgan fingerprint density at radius 2 is 1.70 bits per heavy atom. The quantitative estimate of drug-likeness (QED) is 0.392. The molecule has 0 fully saturated rings. The summed E-state index contributed by atoms with van der Waals surface area (Å²) in [5.74, 6) is -1.33.